The Bertz CT molecular complexity index is 713. The van der Waals surface area contributed by atoms with E-state index >= 15 is 0 Å². The highest BCUT2D eigenvalue weighted by Crippen LogP contribution is 2.37. The van der Waals surface area contributed by atoms with Gasteiger partial charge in [-0.25, -0.2) is 13.1 Å². The van der Waals surface area contributed by atoms with E-state index in [1.165, 1.54) is 19.2 Å². The standard InChI is InChI=1S/C14H19N3O5S/c1-21-12-5-10-11(22-8-14(18)16-10)6-13(12)23(19,20)17-9-3-2-4-15-7-9/h5-6,9,15,17H,2-4,7-8H2,1H3,(H,16,18). The molecule has 0 saturated carbocycles. The van der Waals surface area contributed by atoms with Crippen LogP contribution in [0.2, 0.25) is 0 Å². The molecule has 8 nitrogen and oxygen atoms in total. The summed E-state index contributed by atoms with van der Waals surface area (Å²) in [5.74, 6) is 0.180. The quantitative estimate of drug-likeness (QED) is 0.715. The summed E-state index contributed by atoms with van der Waals surface area (Å²) in [5.41, 5.74) is 0.399. The van der Waals surface area contributed by atoms with Crippen LogP contribution in [-0.4, -0.2) is 47.2 Å². The molecule has 0 spiro atoms. The first-order valence-corrected chi connectivity index (χ1v) is 8.85. The first-order valence-electron chi connectivity index (χ1n) is 7.37. The topological polar surface area (TPSA) is 106 Å². The lowest BCUT2D eigenvalue weighted by Gasteiger charge is -2.25. The van der Waals surface area contributed by atoms with Crippen molar-refractivity contribution in [2.75, 3.05) is 32.1 Å². The van der Waals surface area contributed by atoms with E-state index in [0.717, 1.165) is 19.4 Å². The lowest BCUT2D eigenvalue weighted by atomic mass is 10.1. The third-order valence-corrected chi connectivity index (χ3v) is 5.35. The van der Waals surface area contributed by atoms with Crippen LogP contribution in [0.4, 0.5) is 5.69 Å². The van der Waals surface area contributed by atoms with Gasteiger partial charge in [0, 0.05) is 24.7 Å². The Hall–Kier alpha value is -1.84. The van der Waals surface area contributed by atoms with Gasteiger partial charge in [0.05, 0.1) is 12.8 Å². The van der Waals surface area contributed by atoms with Gasteiger partial charge in [-0.1, -0.05) is 0 Å². The van der Waals surface area contributed by atoms with E-state index in [0.29, 0.717) is 18.0 Å². The molecule has 1 fully saturated rings. The van der Waals surface area contributed by atoms with Crippen LogP contribution in [-0.2, 0) is 14.8 Å². The Balaban J connectivity index is 1.92. The predicted octanol–water partition coefficient (Wildman–Crippen LogP) is 0.0564. The van der Waals surface area contributed by atoms with Gasteiger partial charge in [0.2, 0.25) is 10.0 Å². The maximum atomic E-state index is 12.7. The molecular weight excluding hydrogens is 322 g/mol. The molecule has 1 amide bonds. The summed E-state index contributed by atoms with van der Waals surface area (Å²) < 4.78 is 38.5. The van der Waals surface area contributed by atoms with Crippen LogP contribution in [0.15, 0.2) is 17.0 Å². The minimum absolute atomic E-state index is 0.000437. The molecule has 0 aliphatic carbocycles. The Labute approximate surface area is 134 Å². The number of benzene rings is 1. The van der Waals surface area contributed by atoms with Crippen molar-refractivity contribution in [2.45, 2.75) is 23.8 Å². The fourth-order valence-electron chi connectivity index (χ4n) is 2.69. The van der Waals surface area contributed by atoms with Crippen LogP contribution in [0.25, 0.3) is 0 Å². The Kier molecular flexibility index (Phi) is 4.42. The van der Waals surface area contributed by atoms with Crippen LogP contribution in [0.1, 0.15) is 12.8 Å². The number of anilines is 1. The lowest BCUT2D eigenvalue weighted by Crippen LogP contribution is -2.45. The zero-order valence-electron chi connectivity index (χ0n) is 12.7. The van der Waals surface area contributed by atoms with Gasteiger partial charge in [-0.15, -0.1) is 0 Å². The van der Waals surface area contributed by atoms with Crippen molar-refractivity contribution in [1.29, 1.82) is 0 Å². The minimum Gasteiger partial charge on any atom is -0.495 e. The van der Waals surface area contributed by atoms with E-state index in [2.05, 4.69) is 15.4 Å². The summed E-state index contributed by atoms with van der Waals surface area (Å²) in [7, 11) is -2.37. The molecule has 9 heteroatoms. The fraction of sp³-hybridized carbons (Fsp3) is 0.500. The Morgan fingerprint density at radius 3 is 2.91 bits per heavy atom. The van der Waals surface area contributed by atoms with Crippen molar-refractivity contribution >= 4 is 21.6 Å². The van der Waals surface area contributed by atoms with E-state index in [1.807, 2.05) is 0 Å². The largest absolute Gasteiger partial charge is 0.495 e. The molecule has 23 heavy (non-hydrogen) atoms. The molecule has 126 valence electrons. The normalized spacial score (nSPS) is 21.1. The zero-order chi connectivity index (χ0) is 16.4. The minimum atomic E-state index is -3.76. The summed E-state index contributed by atoms with van der Waals surface area (Å²) in [4.78, 5) is 11.4. The summed E-state index contributed by atoms with van der Waals surface area (Å²) in [6, 6.07) is 2.68. The number of piperidine rings is 1. The number of amides is 1. The van der Waals surface area contributed by atoms with Crippen LogP contribution in [0, 0.1) is 0 Å². The average Bonchev–Trinajstić information content (AvgIpc) is 2.54. The second-order valence-corrected chi connectivity index (χ2v) is 7.18. The molecule has 0 bridgehead atoms. The number of rotatable bonds is 4. The molecule has 0 radical (unpaired) electrons. The summed E-state index contributed by atoms with van der Waals surface area (Å²) in [6.07, 6.45) is 1.70. The van der Waals surface area contributed by atoms with Gasteiger partial charge in [-0.05, 0) is 19.4 Å². The maximum Gasteiger partial charge on any atom is 0.262 e. The molecule has 1 saturated heterocycles. The molecule has 3 rings (SSSR count). The molecule has 2 aliphatic heterocycles. The number of methoxy groups -OCH3 is 1. The van der Waals surface area contributed by atoms with Gasteiger partial charge in [-0.2, -0.15) is 0 Å². The second-order valence-electron chi connectivity index (χ2n) is 5.50. The molecule has 2 aliphatic rings. The first kappa shape index (κ1) is 16.0. The van der Waals surface area contributed by atoms with Gasteiger partial charge in [0.15, 0.2) is 6.61 Å². The van der Waals surface area contributed by atoms with Crippen LogP contribution in [0.5, 0.6) is 11.5 Å². The summed E-state index contributed by atoms with van der Waals surface area (Å²) >= 11 is 0. The third-order valence-electron chi connectivity index (χ3n) is 3.81. The van der Waals surface area contributed by atoms with Gasteiger partial charge in [-0.3, -0.25) is 4.79 Å². The average molecular weight is 341 g/mol. The Morgan fingerprint density at radius 1 is 1.39 bits per heavy atom. The van der Waals surface area contributed by atoms with Crippen molar-refractivity contribution in [1.82, 2.24) is 10.0 Å². The number of carbonyl (C=O) groups is 1. The van der Waals surface area contributed by atoms with Gasteiger partial charge < -0.3 is 20.1 Å². The van der Waals surface area contributed by atoms with Gasteiger partial charge in [0.1, 0.15) is 16.4 Å². The van der Waals surface area contributed by atoms with Crippen LogP contribution < -0.4 is 24.8 Å². The molecule has 1 atom stereocenters. The van der Waals surface area contributed by atoms with Crippen molar-refractivity contribution in [3.8, 4) is 11.5 Å². The van der Waals surface area contributed by atoms with E-state index in [-0.39, 0.29) is 29.2 Å². The highest BCUT2D eigenvalue weighted by Gasteiger charge is 2.28. The number of hydrogen-bond donors (Lipinski definition) is 3. The molecule has 1 aromatic rings. The van der Waals surface area contributed by atoms with Gasteiger partial charge in [0.25, 0.3) is 5.91 Å². The molecule has 1 unspecified atom stereocenters. The van der Waals surface area contributed by atoms with E-state index in [1.54, 1.807) is 0 Å². The van der Waals surface area contributed by atoms with Crippen molar-refractivity contribution < 1.29 is 22.7 Å². The predicted molar refractivity (Wildman–Crippen MR) is 83.3 cm³/mol. The summed E-state index contributed by atoms with van der Waals surface area (Å²) in [6.45, 7) is 1.35. The number of hydrogen-bond acceptors (Lipinski definition) is 6. The van der Waals surface area contributed by atoms with E-state index < -0.39 is 10.0 Å². The molecule has 1 aromatic carbocycles. The third kappa shape index (κ3) is 3.41. The van der Waals surface area contributed by atoms with E-state index in [9.17, 15) is 13.2 Å². The molecular formula is C14H19N3O5S. The highest BCUT2D eigenvalue weighted by molar-refractivity contribution is 7.89. The van der Waals surface area contributed by atoms with Crippen molar-refractivity contribution in [2.24, 2.45) is 0 Å². The fourth-order valence-corrected chi connectivity index (χ4v) is 4.13. The summed E-state index contributed by atoms with van der Waals surface area (Å²) in [5, 5.41) is 5.79. The van der Waals surface area contributed by atoms with Crippen LogP contribution in [0.3, 0.4) is 0 Å². The first-order chi connectivity index (χ1) is 11.0. The molecule has 3 N–H and O–H groups in total. The number of carbonyl (C=O) groups excluding carboxylic acids is 1. The SMILES string of the molecule is COc1cc2c(cc1S(=O)(=O)NC1CCCNC1)OCC(=O)N2. The Morgan fingerprint density at radius 2 is 2.22 bits per heavy atom. The zero-order valence-corrected chi connectivity index (χ0v) is 13.5. The lowest BCUT2D eigenvalue weighted by molar-refractivity contribution is -0.118. The molecule has 2 heterocycles. The monoisotopic (exact) mass is 341 g/mol. The van der Waals surface area contributed by atoms with Crippen molar-refractivity contribution in [3.63, 3.8) is 0 Å². The van der Waals surface area contributed by atoms with Crippen molar-refractivity contribution in [3.05, 3.63) is 12.1 Å². The number of sulfonamides is 1. The van der Waals surface area contributed by atoms with Gasteiger partial charge >= 0.3 is 0 Å². The maximum absolute atomic E-state index is 12.7. The highest BCUT2D eigenvalue weighted by atomic mass is 32.2. The number of nitrogens with one attached hydrogen (secondary N) is 3. The molecule has 0 aromatic heterocycles. The number of fused-ring (bicyclic) bond motifs is 1. The van der Waals surface area contributed by atoms with Crippen LogP contribution >= 0.6 is 0 Å². The smallest absolute Gasteiger partial charge is 0.262 e. The van der Waals surface area contributed by atoms with E-state index in [4.69, 9.17) is 9.47 Å². The second kappa shape index (κ2) is 6.34. The number of ether oxygens (including phenoxy) is 2.